The Balaban J connectivity index is 2.05. The predicted octanol–water partition coefficient (Wildman–Crippen LogP) is 8.31. The molecular weight excluding hydrogens is 368 g/mol. The minimum Gasteiger partial charge on any atom is -0.508 e. The first-order chi connectivity index (χ1) is 13.7. The number of allylic oxidation sites excluding steroid dienone is 4. The highest BCUT2D eigenvalue weighted by Crippen LogP contribution is 2.44. The predicted molar refractivity (Wildman–Crippen MR) is 129 cm³/mol. The third-order valence-electron chi connectivity index (χ3n) is 6.39. The average Bonchev–Trinajstić information content (AvgIpc) is 2.59. The fourth-order valence-electron chi connectivity index (χ4n) is 5.13. The zero-order valence-corrected chi connectivity index (χ0v) is 20.9. The highest BCUT2D eigenvalue weighted by atomic mass is 16.5. The molecule has 168 valence electrons. The second-order valence-electron chi connectivity index (χ2n) is 11.4. The minimum absolute atomic E-state index is 0.164. The topological polar surface area (TPSA) is 29.5 Å². The van der Waals surface area contributed by atoms with E-state index in [0.29, 0.717) is 5.75 Å². The quantitative estimate of drug-likeness (QED) is 0.435. The number of aryl methyl sites for hydroxylation is 2. The van der Waals surface area contributed by atoms with Gasteiger partial charge in [-0.15, -0.1) is 0 Å². The van der Waals surface area contributed by atoms with Crippen LogP contribution in [0.3, 0.4) is 0 Å². The molecule has 2 nitrogen and oxygen atoms in total. The van der Waals surface area contributed by atoms with Gasteiger partial charge in [-0.1, -0.05) is 57.9 Å². The number of rotatable bonds is 8. The van der Waals surface area contributed by atoms with Crippen molar-refractivity contribution in [1.29, 1.82) is 0 Å². The van der Waals surface area contributed by atoms with Crippen molar-refractivity contribution in [2.45, 2.75) is 106 Å². The number of phenols is 1. The van der Waals surface area contributed by atoms with E-state index in [4.69, 9.17) is 4.74 Å². The first kappa shape index (κ1) is 24.6. The van der Waals surface area contributed by atoms with Crippen LogP contribution in [-0.2, 0) is 6.42 Å². The first-order valence-corrected chi connectivity index (χ1v) is 11.6. The summed E-state index contributed by atoms with van der Waals surface area (Å²) in [4.78, 5) is 0. The molecule has 0 saturated carbocycles. The molecule has 1 unspecified atom stereocenters. The van der Waals surface area contributed by atoms with E-state index in [2.05, 4.69) is 67.5 Å². The zero-order chi connectivity index (χ0) is 22.7. The maximum Gasteiger partial charge on any atom is 0.126 e. The summed E-state index contributed by atoms with van der Waals surface area (Å²) in [5.41, 5.74) is 5.31. The average molecular weight is 413 g/mol. The van der Waals surface area contributed by atoms with Crippen molar-refractivity contribution in [3.05, 3.63) is 46.6 Å². The van der Waals surface area contributed by atoms with Gasteiger partial charge in [-0.2, -0.15) is 0 Å². The molecule has 0 radical (unpaired) electrons. The van der Waals surface area contributed by atoms with E-state index < -0.39 is 0 Å². The van der Waals surface area contributed by atoms with Crippen LogP contribution in [0, 0.1) is 17.8 Å². The lowest BCUT2D eigenvalue weighted by molar-refractivity contribution is 0.0203. The normalized spacial score (nSPS) is 20.7. The van der Waals surface area contributed by atoms with E-state index in [-0.39, 0.29) is 16.4 Å². The van der Waals surface area contributed by atoms with E-state index in [1.54, 1.807) is 6.07 Å². The van der Waals surface area contributed by atoms with Gasteiger partial charge < -0.3 is 9.84 Å². The second kappa shape index (κ2) is 9.20. The Kier molecular flexibility index (Phi) is 7.54. The minimum atomic E-state index is -0.166. The van der Waals surface area contributed by atoms with E-state index in [9.17, 15) is 5.11 Å². The fourth-order valence-corrected chi connectivity index (χ4v) is 5.13. The second-order valence-corrected chi connectivity index (χ2v) is 11.4. The van der Waals surface area contributed by atoms with Gasteiger partial charge in [0.05, 0.1) is 0 Å². The molecule has 30 heavy (non-hydrogen) atoms. The fraction of sp³-hybridized carbons (Fsp3) is 0.643. The monoisotopic (exact) mass is 412 g/mol. The summed E-state index contributed by atoms with van der Waals surface area (Å²) < 4.78 is 6.54. The smallest absolute Gasteiger partial charge is 0.126 e. The van der Waals surface area contributed by atoms with Crippen LogP contribution in [0.5, 0.6) is 11.5 Å². The molecular formula is C28H44O2. The molecule has 0 aliphatic carbocycles. The standard InChI is InChI=1S/C28H44O2/c1-10-20(2)17-27(7,8)18-21(3)11-13-26(5,6)19-28(9)14-12-23-16-24(29)15-22(4)25(23)30-28/h11,15-17,29H,10,12-14,18-19H2,1-9H3/b20-17+,21-11+. The van der Waals surface area contributed by atoms with Crippen molar-refractivity contribution in [2.75, 3.05) is 0 Å². The molecule has 0 spiro atoms. The molecule has 2 heteroatoms. The van der Waals surface area contributed by atoms with Crippen molar-refractivity contribution in [2.24, 2.45) is 10.8 Å². The van der Waals surface area contributed by atoms with Crippen LogP contribution >= 0.6 is 0 Å². The Morgan fingerprint density at radius 1 is 1.17 bits per heavy atom. The van der Waals surface area contributed by atoms with Crippen LogP contribution in [0.25, 0.3) is 0 Å². The van der Waals surface area contributed by atoms with Crippen molar-refractivity contribution in [3.63, 3.8) is 0 Å². The maximum absolute atomic E-state index is 9.88. The Labute approximate surface area is 185 Å². The molecule has 1 aromatic carbocycles. The lowest BCUT2D eigenvalue weighted by Crippen LogP contribution is -2.40. The van der Waals surface area contributed by atoms with E-state index in [1.165, 1.54) is 11.1 Å². The number of aromatic hydroxyl groups is 1. The Hall–Kier alpha value is -1.70. The van der Waals surface area contributed by atoms with Crippen molar-refractivity contribution in [3.8, 4) is 11.5 Å². The molecule has 1 heterocycles. The van der Waals surface area contributed by atoms with Crippen LogP contribution < -0.4 is 4.74 Å². The van der Waals surface area contributed by atoms with Crippen molar-refractivity contribution >= 4 is 0 Å². The van der Waals surface area contributed by atoms with Gasteiger partial charge in [0.1, 0.15) is 17.1 Å². The lowest BCUT2D eigenvalue weighted by Gasteiger charge is -2.41. The summed E-state index contributed by atoms with van der Waals surface area (Å²) in [6.07, 6.45) is 11.1. The molecule has 0 saturated heterocycles. The Morgan fingerprint density at radius 2 is 1.83 bits per heavy atom. The summed E-state index contributed by atoms with van der Waals surface area (Å²) in [5.74, 6) is 1.31. The molecule has 1 atom stereocenters. The molecule has 2 rings (SSSR count). The highest BCUT2D eigenvalue weighted by Gasteiger charge is 2.37. The van der Waals surface area contributed by atoms with Gasteiger partial charge in [0.2, 0.25) is 0 Å². The van der Waals surface area contributed by atoms with Gasteiger partial charge in [-0.05, 0) is 100 Å². The summed E-state index contributed by atoms with van der Waals surface area (Å²) in [6.45, 7) is 20.4. The van der Waals surface area contributed by atoms with E-state index in [1.807, 2.05) is 13.0 Å². The third kappa shape index (κ3) is 6.93. The number of benzene rings is 1. The van der Waals surface area contributed by atoms with Crippen LogP contribution in [0.15, 0.2) is 35.4 Å². The van der Waals surface area contributed by atoms with Gasteiger partial charge in [0.25, 0.3) is 0 Å². The lowest BCUT2D eigenvalue weighted by atomic mass is 9.74. The van der Waals surface area contributed by atoms with E-state index >= 15 is 0 Å². The SMILES string of the molecule is CC/C(C)=C/C(C)(C)C/C(C)=C/CC(C)(C)CC1(C)CCc2cc(O)cc(C)c2O1. The molecule has 1 N–H and O–H groups in total. The third-order valence-corrected chi connectivity index (χ3v) is 6.39. The van der Waals surface area contributed by atoms with Gasteiger partial charge in [0.15, 0.2) is 0 Å². The van der Waals surface area contributed by atoms with Crippen LogP contribution in [0.4, 0.5) is 0 Å². The number of phenolic OH excluding ortho intramolecular Hbond substituents is 1. The number of hydrogen-bond acceptors (Lipinski definition) is 2. The number of hydrogen-bond donors (Lipinski definition) is 1. The summed E-state index contributed by atoms with van der Waals surface area (Å²) in [7, 11) is 0. The molecule has 1 aromatic rings. The van der Waals surface area contributed by atoms with Gasteiger partial charge in [-0.25, -0.2) is 0 Å². The number of ether oxygens (including phenoxy) is 1. The van der Waals surface area contributed by atoms with Gasteiger partial charge in [0, 0.05) is 0 Å². The zero-order valence-electron chi connectivity index (χ0n) is 20.9. The summed E-state index contributed by atoms with van der Waals surface area (Å²) >= 11 is 0. The van der Waals surface area contributed by atoms with Crippen LogP contribution in [0.2, 0.25) is 0 Å². The largest absolute Gasteiger partial charge is 0.508 e. The van der Waals surface area contributed by atoms with E-state index in [0.717, 1.165) is 55.4 Å². The molecule has 0 amide bonds. The van der Waals surface area contributed by atoms with Crippen LogP contribution in [-0.4, -0.2) is 10.7 Å². The summed E-state index contributed by atoms with van der Waals surface area (Å²) in [5, 5.41) is 9.88. The van der Waals surface area contributed by atoms with Crippen molar-refractivity contribution in [1.82, 2.24) is 0 Å². The van der Waals surface area contributed by atoms with Gasteiger partial charge in [-0.3, -0.25) is 0 Å². The molecule has 0 fully saturated rings. The number of fused-ring (bicyclic) bond motifs is 1. The Morgan fingerprint density at radius 3 is 2.47 bits per heavy atom. The van der Waals surface area contributed by atoms with Crippen LogP contribution in [0.1, 0.15) is 98.6 Å². The van der Waals surface area contributed by atoms with Crippen molar-refractivity contribution < 1.29 is 9.84 Å². The molecule has 0 aromatic heterocycles. The summed E-state index contributed by atoms with van der Waals surface area (Å²) in [6, 6.07) is 3.66. The van der Waals surface area contributed by atoms with Gasteiger partial charge >= 0.3 is 0 Å². The molecule has 1 aliphatic rings. The Bertz CT molecular complexity index is 810. The molecule has 0 bridgehead atoms. The highest BCUT2D eigenvalue weighted by molar-refractivity contribution is 5.47. The maximum atomic E-state index is 9.88. The molecule has 1 aliphatic heterocycles. The first-order valence-electron chi connectivity index (χ1n) is 11.6.